The normalized spacial score (nSPS) is 13.9. The molecule has 0 spiro atoms. The first-order valence-electron chi connectivity index (χ1n) is 4.41. The lowest BCUT2D eigenvalue weighted by molar-refractivity contribution is 0.201. The highest BCUT2D eigenvalue weighted by molar-refractivity contribution is 7.90. The summed E-state index contributed by atoms with van der Waals surface area (Å²) in [4.78, 5) is 0. The Morgan fingerprint density at radius 1 is 1.47 bits per heavy atom. The van der Waals surface area contributed by atoms with Crippen LogP contribution in [0.1, 0.15) is 17.2 Å². The fourth-order valence-corrected chi connectivity index (χ4v) is 2.02. The van der Waals surface area contributed by atoms with Gasteiger partial charge in [-0.3, -0.25) is 0 Å². The van der Waals surface area contributed by atoms with E-state index in [0.717, 1.165) is 6.26 Å². The van der Waals surface area contributed by atoms with Crippen molar-refractivity contribution in [3.05, 3.63) is 35.1 Å². The number of sulfone groups is 1. The predicted octanol–water partition coefficient (Wildman–Crippen LogP) is 1.21. The second-order valence-corrected chi connectivity index (χ2v) is 5.80. The first kappa shape index (κ1) is 12.1. The third kappa shape index (κ3) is 3.60. The molecule has 15 heavy (non-hydrogen) atoms. The Labute approximate surface area is 88.5 Å². The van der Waals surface area contributed by atoms with Gasteiger partial charge in [0.25, 0.3) is 0 Å². The lowest BCUT2D eigenvalue weighted by atomic mass is 10.1. The van der Waals surface area contributed by atoms with Crippen LogP contribution < -0.4 is 0 Å². The molecule has 0 amide bonds. The number of rotatable bonds is 3. The average Bonchev–Trinajstić information content (AvgIpc) is 2.06. The molecule has 3 nitrogen and oxygen atoms in total. The third-order valence-electron chi connectivity index (χ3n) is 2.03. The summed E-state index contributed by atoms with van der Waals surface area (Å²) >= 11 is 0. The zero-order valence-corrected chi connectivity index (χ0v) is 9.38. The van der Waals surface area contributed by atoms with Crippen LogP contribution in [0.5, 0.6) is 0 Å². The van der Waals surface area contributed by atoms with Gasteiger partial charge in [0.15, 0.2) is 0 Å². The third-order valence-corrected chi connectivity index (χ3v) is 2.95. The number of halogens is 1. The molecule has 5 heteroatoms. The second kappa shape index (κ2) is 4.28. The molecule has 0 saturated carbocycles. The maximum Gasteiger partial charge on any atom is 0.150 e. The van der Waals surface area contributed by atoms with E-state index >= 15 is 0 Å². The minimum absolute atomic E-state index is 0.349. The SMILES string of the molecule is Cc1cc(C(O)CS(C)(=O)=O)ccc1F. The molecule has 0 aliphatic heterocycles. The Morgan fingerprint density at radius 2 is 2.07 bits per heavy atom. The van der Waals surface area contributed by atoms with Crippen LogP contribution >= 0.6 is 0 Å². The van der Waals surface area contributed by atoms with Gasteiger partial charge in [-0.05, 0) is 24.1 Å². The maximum absolute atomic E-state index is 12.9. The molecule has 1 unspecified atom stereocenters. The zero-order chi connectivity index (χ0) is 11.6. The van der Waals surface area contributed by atoms with Crippen molar-refractivity contribution in [2.24, 2.45) is 0 Å². The van der Waals surface area contributed by atoms with Crippen LogP contribution in [0.2, 0.25) is 0 Å². The summed E-state index contributed by atoms with van der Waals surface area (Å²) in [6.45, 7) is 1.56. The molecule has 0 aliphatic carbocycles. The first-order chi connectivity index (χ1) is 6.79. The molecule has 84 valence electrons. The number of aryl methyl sites for hydroxylation is 1. The van der Waals surface area contributed by atoms with Crippen molar-refractivity contribution in [3.8, 4) is 0 Å². The number of aliphatic hydroxyl groups is 1. The number of hydrogen-bond acceptors (Lipinski definition) is 3. The van der Waals surface area contributed by atoms with Crippen LogP contribution in [0.4, 0.5) is 4.39 Å². The molecule has 1 rings (SSSR count). The van der Waals surface area contributed by atoms with Crippen LogP contribution in [0.3, 0.4) is 0 Å². The predicted molar refractivity (Wildman–Crippen MR) is 55.8 cm³/mol. The quantitative estimate of drug-likeness (QED) is 0.852. The molecule has 0 saturated heterocycles. The lowest BCUT2D eigenvalue weighted by Gasteiger charge is -2.10. The van der Waals surface area contributed by atoms with Crippen LogP contribution in [0, 0.1) is 12.7 Å². The Balaban J connectivity index is 2.92. The molecule has 0 fully saturated rings. The van der Waals surface area contributed by atoms with Gasteiger partial charge < -0.3 is 5.11 Å². The summed E-state index contributed by atoms with van der Waals surface area (Å²) in [5, 5.41) is 9.57. The van der Waals surface area contributed by atoms with Gasteiger partial charge in [-0.15, -0.1) is 0 Å². The summed E-state index contributed by atoms with van der Waals surface area (Å²) in [5.74, 6) is -0.719. The van der Waals surface area contributed by atoms with Gasteiger partial charge in [-0.25, -0.2) is 12.8 Å². The Hall–Kier alpha value is -0.940. The van der Waals surface area contributed by atoms with Gasteiger partial charge in [0.05, 0.1) is 11.9 Å². The van der Waals surface area contributed by atoms with Crippen molar-refractivity contribution in [2.45, 2.75) is 13.0 Å². The van der Waals surface area contributed by atoms with E-state index in [1.54, 1.807) is 6.92 Å². The summed E-state index contributed by atoms with van der Waals surface area (Å²) in [5.41, 5.74) is 0.805. The van der Waals surface area contributed by atoms with E-state index in [9.17, 15) is 17.9 Å². The summed E-state index contributed by atoms with van der Waals surface area (Å²) < 4.78 is 34.8. The molecular formula is C10H13FO3S. The average molecular weight is 232 g/mol. The lowest BCUT2D eigenvalue weighted by Crippen LogP contribution is -2.12. The fraction of sp³-hybridized carbons (Fsp3) is 0.400. The molecule has 0 aromatic heterocycles. The van der Waals surface area contributed by atoms with Crippen molar-refractivity contribution in [3.63, 3.8) is 0 Å². The molecular weight excluding hydrogens is 219 g/mol. The van der Waals surface area contributed by atoms with E-state index in [2.05, 4.69) is 0 Å². The number of aliphatic hydroxyl groups excluding tert-OH is 1. The van der Waals surface area contributed by atoms with Gasteiger partial charge in [-0.2, -0.15) is 0 Å². The molecule has 1 N–H and O–H groups in total. The first-order valence-corrected chi connectivity index (χ1v) is 6.47. The minimum Gasteiger partial charge on any atom is -0.387 e. The summed E-state index contributed by atoms with van der Waals surface area (Å²) in [7, 11) is -3.24. The Morgan fingerprint density at radius 3 is 2.53 bits per heavy atom. The van der Waals surface area contributed by atoms with Gasteiger partial charge in [0.2, 0.25) is 0 Å². The molecule has 1 aromatic carbocycles. The fourth-order valence-electron chi connectivity index (χ4n) is 1.26. The summed E-state index contributed by atoms with van der Waals surface area (Å²) in [6.07, 6.45) is -0.0497. The zero-order valence-electron chi connectivity index (χ0n) is 8.57. The van der Waals surface area contributed by atoms with E-state index in [1.807, 2.05) is 0 Å². The molecule has 1 aromatic rings. The molecule has 0 aliphatic rings. The topological polar surface area (TPSA) is 54.4 Å². The summed E-state index contributed by atoms with van der Waals surface area (Å²) in [6, 6.07) is 4.06. The van der Waals surface area contributed by atoms with E-state index < -0.39 is 15.9 Å². The van der Waals surface area contributed by atoms with Crippen molar-refractivity contribution < 1.29 is 17.9 Å². The van der Waals surface area contributed by atoms with Crippen LogP contribution in [0.15, 0.2) is 18.2 Å². The van der Waals surface area contributed by atoms with Gasteiger partial charge in [0.1, 0.15) is 15.7 Å². The van der Waals surface area contributed by atoms with Gasteiger partial charge in [-0.1, -0.05) is 12.1 Å². The molecule has 0 radical (unpaired) electrons. The van der Waals surface area contributed by atoms with Gasteiger partial charge >= 0.3 is 0 Å². The minimum atomic E-state index is -3.24. The molecule has 0 heterocycles. The van der Waals surface area contributed by atoms with E-state index in [1.165, 1.54) is 18.2 Å². The standard InChI is InChI=1S/C10H13FO3S/c1-7-5-8(3-4-9(7)11)10(12)6-15(2,13)14/h3-5,10,12H,6H2,1-2H3. The van der Waals surface area contributed by atoms with Crippen molar-refractivity contribution >= 4 is 9.84 Å². The van der Waals surface area contributed by atoms with Crippen molar-refractivity contribution in [1.29, 1.82) is 0 Å². The number of benzene rings is 1. The monoisotopic (exact) mass is 232 g/mol. The maximum atomic E-state index is 12.9. The number of hydrogen-bond donors (Lipinski definition) is 1. The second-order valence-electron chi connectivity index (χ2n) is 3.62. The van der Waals surface area contributed by atoms with E-state index in [4.69, 9.17) is 0 Å². The van der Waals surface area contributed by atoms with E-state index in [-0.39, 0.29) is 11.6 Å². The largest absolute Gasteiger partial charge is 0.387 e. The molecule has 0 bridgehead atoms. The van der Waals surface area contributed by atoms with E-state index in [0.29, 0.717) is 11.1 Å². The van der Waals surface area contributed by atoms with Gasteiger partial charge in [0, 0.05) is 6.26 Å². The highest BCUT2D eigenvalue weighted by Crippen LogP contribution is 2.17. The van der Waals surface area contributed by atoms with Crippen molar-refractivity contribution in [1.82, 2.24) is 0 Å². The highest BCUT2D eigenvalue weighted by atomic mass is 32.2. The smallest absolute Gasteiger partial charge is 0.150 e. The van der Waals surface area contributed by atoms with Crippen LogP contribution in [-0.4, -0.2) is 25.5 Å². The van der Waals surface area contributed by atoms with Crippen LogP contribution in [0.25, 0.3) is 0 Å². The highest BCUT2D eigenvalue weighted by Gasteiger charge is 2.15. The van der Waals surface area contributed by atoms with Crippen LogP contribution in [-0.2, 0) is 9.84 Å². The van der Waals surface area contributed by atoms with Crippen molar-refractivity contribution in [2.75, 3.05) is 12.0 Å². The molecule has 1 atom stereocenters. The Bertz CT molecular complexity index is 454. The Kier molecular flexibility index (Phi) is 3.46.